The largest absolute Gasteiger partial charge is 0.332 e. The van der Waals surface area contributed by atoms with Gasteiger partial charge in [-0.05, 0) is 49.7 Å². The highest BCUT2D eigenvalue weighted by Crippen LogP contribution is 2.18. The van der Waals surface area contributed by atoms with Crippen LogP contribution in [0.25, 0.3) is 22.6 Å². The van der Waals surface area contributed by atoms with Gasteiger partial charge in [0.05, 0.1) is 6.54 Å². The molecule has 11 heteroatoms. The fourth-order valence-corrected chi connectivity index (χ4v) is 4.65. The third kappa shape index (κ3) is 5.39. The molecule has 0 saturated carbocycles. The lowest BCUT2D eigenvalue weighted by Crippen LogP contribution is -2.44. The van der Waals surface area contributed by atoms with Crippen molar-refractivity contribution in [1.29, 1.82) is 0 Å². The molecule has 0 spiro atoms. The van der Waals surface area contributed by atoms with Gasteiger partial charge in [-0.1, -0.05) is 30.3 Å². The van der Waals surface area contributed by atoms with E-state index in [1.54, 1.807) is 0 Å². The number of rotatable bonds is 7. The number of aryl methyl sites for hydroxylation is 1. The highest BCUT2D eigenvalue weighted by molar-refractivity contribution is 5.71. The third-order valence-electron chi connectivity index (χ3n) is 7.02. The molecule has 1 aliphatic rings. The number of aromatic nitrogens is 5. The summed E-state index contributed by atoms with van der Waals surface area (Å²) in [5.74, 6) is -1.76. The average Bonchev–Trinajstić information content (AvgIpc) is 2.93. The lowest BCUT2D eigenvalue weighted by atomic mass is 10.1. The molecule has 0 amide bonds. The Morgan fingerprint density at radius 1 is 0.868 bits per heavy atom. The summed E-state index contributed by atoms with van der Waals surface area (Å²) in [5, 5.41) is 8.31. The van der Waals surface area contributed by atoms with Gasteiger partial charge in [-0.3, -0.25) is 13.9 Å². The van der Waals surface area contributed by atoms with Crippen molar-refractivity contribution in [2.75, 3.05) is 39.8 Å². The van der Waals surface area contributed by atoms with Gasteiger partial charge in [0.15, 0.2) is 28.6 Å². The maximum Gasteiger partial charge on any atom is 0.332 e. The summed E-state index contributed by atoms with van der Waals surface area (Å²) in [4.78, 5) is 34.9. The van der Waals surface area contributed by atoms with E-state index in [1.165, 1.54) is 23.2 Å². The van der Waals surface area contributed by atoms with E-state index in [0.29, 0.717) is 11.1 Å². The minimum atomic E-state index is -1.03. The molecule has 4 aromatic rings. The van der Waals surface area contributed by atoms with Crippen molar-refractivity contribution < 1.29 is 8.78 Å². The first-order chi connectivity index (χ1) is 18.3. The standard InChI is InChI=1S/C27H29F2N7O2/c1-33-12-14-35(15-13-33)11-3-4-18-5-8-20(9-6-18)24-30-23-25(32-31-24)36(27(38)34(2)26(23)37)17-19-7-10-21(28)22(29)16-19/h5-10,16H,3-4,11-15,17H2,1-2H3. The van der Waals surface area contributed by atoms with Gasteiger partial charge in [-0.15, -0.1) is 10.2 Å². The van der Waals surface area contributed by atoms with Crippen LogP contribution in [-0.2, 0) is 20.0 Å². The van der Waals surface area contributed by atoms with Gasteiger partial charge in [-0.2, -0.15) is 0 Å². The Balaban J connectivity index is 1.36. The van der Waals surface area contributed by atoms with Crippen molar-refractivity contribution in [2.45, 2.75) is 19.4 Å². The molecule has 5 rings (SSSR count). The van der Waals surface area contributed by atoms with Crippen LogP contribution in [0.1, 0.15) is 17.5 Å². The molecule has 38 heavy (non-hydrogen) atoms. The number of halogens is 2. The Morgan fingerprint density at radius 3 is 2.29 bits per heavy atom. The number of piperazine rings is 1. The van der Waals surface area contributed by atoms with Gasteiger partial charge in [0.25, 0.3) is 5.56 Å². The SMILES string of the molecule is CN1CCN(CCCc2ccc(-c3nnc4c(n3)c(=O)n(C)c(=O)n4Cc3ccc(F)c(F)c3)cc2)CC1. The van der Waals surface area contributed by atoms with Crippen LogP contribution >= 0.6 is 0 Å². The van der Waals surface area contributed by atoms with Gasteiger partial charge in [0, 0.05) is 38.8 Å². The maximum atomic E-state index is 13.7. The van der Waals surface area contributed by atoms with Crippen molar-refractivity contribution >= 4 is 11.2 Å². The van der Waals surface area contributed by atoms with Crippen LogP contribution in [0.3, 0.4) is 0 Å². The minimum absolute atomic E-state index is 0.0212. The second-order valence-corrected chi connectivity index (χ2v) is 9.73. The normalized spacial score (nSPS) is 14.8. The molecule has 0 atom stereocenters. The summed E-state index contributed by atoms with van der Waals surface area (Å²) in [7, 11) is 3.49. The minimum Gasteiger partial charge on any atom is -0.304 e. The Bertz CT molecular complexity index is 1580. The fourth-order valence-electron chi connectivity index (χ4n) is 4.65. The molecule has 0 bridgehead atoms. The van der Waals surface area contributed by atoms with E-state index >= 15 is 0 Å². The molecule has 198 valence electrons. The molecule has 1 aliphatic heterocycles. The summed E-state index contributed by atoms with van der Waals surface area (Å²) in [5.41, 5.74) is 0.916. The molecule has 3 heterocycles. The zero-order chi connectivity index (χ0) is 26.8. The van der Waals surface area contributed by atoms with Crippen LogP contribution in [0.2, 0.25) is 0 Å². The third-order valence-corrected chi connectivity index (χ3v) is 7.02. The summed E-state index contributed by atoms with van der Waals surface area (Å²) >= 11 is 0. The molecule has 2 aromatic carbocycles. The summed E-state index contributed by atoms with van der Waals surface area (Å²) in [6, 6.07) is 11.2. The predicted molar refractivity (Wildman–Crippen MR) is 140 cm³/mol. The van der Waals surface area contributed by atoms with E-state index in [4.69, 9.17) is 0 Å². The van der Waals surface area contributed by atoms with Gasteiger partial charge in [0.1, 0.15) is 0 Å². The predicted octanol–water partition coefficient (Wildman–Crippen LogP) is 2.06. The van der Waals surface area contributed by atoms with E-state index in [0.717, 1.165) is 62.3 Å². The van der Waals surface area contributed by atoms with Gasteiger partial charge in [-0.25, -0.2) is 18.6 Å². The highest BCUT2D eigenvalue weighted by atomic mass is 19.2. The first-order valence-electron chi connectivity index (χ1n) is 12.6. The quantitative estimate of drug-likeness (QED) is 0.368. The van der Waals surface area contributed by atoms with Gasteiger partial charge in [0.2, 0.25) is 0 Å². The van der Waals surface area contributed by atoms with E-state index in [1.807, 2.05) is 24.3 Å². The summed E-state index contributed by atoms with van der Waals surface area (Å²) < 4.78 is 29.2. The second kappa shape index (κ2) is 10.9. The van der Waals surface area contributed by atoms with Crippen molar-refractivity contribution in [3.05, 3.63) is 86.1 Å². The van der Waals surface area contributed by atoms with E-state index < -0.39 is 22.9 Å². The molecule has 9 nitrogen and oxygen atoms in total. The van der Waals surface area contributed by atoms with Crippen molar-refractivity contribution in [1.82, 2.24) is 34.1 Å². The Labute approximate surface area is 218 Å². The molecular weight excluding hydrogens is 492 g/mol. The number of likely N-dealkylation sites (N-methyl/N-ethyl adjacent to an activating group) is 1. The van der Waals surface area contributed by atoms with E-state index in [-0.39, 0.29) is 23.5 Å². The Morgan fingerprint density at radius 2 is 1.58 bits per heavy atom. The van der Waals surface area contributed by atoms with E-state index in [2.05, 4.69) is 32.0 Å². The topological polar surface area (TPSA) is 89.2 Å². The monoisotopic (exact) mass is 521 g/mol. The molecule has 1 fully saturated rings. The van der Waals surface area contributed by atoms with Crippen LogP contribution in [0, 0.1) is 11.6 Å². The Hall–Kier alpha value is -3.83. The highest BCUT2D eigenvalue weighted by Gasteiger charge is 2.17. The van der Waals surface area contributed by atoms with Crippen LogP contribution in [0.4, 0.5) is 8.78 Å². The van der Waals surface area contributed by atoms with Crippen molar-refractivity contribution in [2.24, 2.45) is 7.05 Å². The Kier molecular flexibility index (Phi) is 7.39. The zero-order valence-corrected chi connectivity index (χ0v) is 21.4. The molecule has 0 unspecified atom stereocenters. The number of hydrogen-bond donors (Lipinski definition) is 0. The zero-order valence-electron chi connectivity index (χ0n) is 21.4. The number of benzene rings is 2. The first-order valence-corrected chi connectivity index (χ1v) is 12.6. The number of nitrogens with zero attached hydrogens (tertiary/aromatic N) is 7. The maximum absolute atomic E-state index is 13.7. The van der Waals surface area contributed by atoms with Crippen LogP contribution in [0.5, 0.6) is 0 Å². The molecule has 0 N–H and O–H groups in total. The summed E-state index contributed by atoms with van der Waals surface area (Å²) in [6.07, 6.45) is 2.03. The van der Waals surface area contributed by atoms with Crippen molar-refractivity contribution in [3.8, 4) is 11.4 Å². The molecular formula is C27H29F2N7O2. The van der Waals surface area contributed by atoms with Gasteiger partial charge >= 0.3 is 5.69 Å². The smallest absolute Gasteiger partial charge is 0.304 e. The van der Waals surface area contributed by atoms with E-state index in [9.17, 15) is 18.4 Å². The molecule has 1 saturated heterocycles. The number of hydrogen-bond acceptors (Lipinski definition) is 7. The van der Waals surface area contributed by atoms with Crippen LogP contribution in [-0.4, -0.2) is 73.9 Å². The first kappa shape index (κ1) is 25.8. The lowest BCUT2D eigenvalue weighted by molar-refractivity contribution is 0.153. The molecule has 0 radical (unpaired) electrons. The average molecular weight is 522 g/mol. The summed E-state index contributed by atoms with van der Waals surface area (Å²) in [6.45, 7) is 5.38. The molecule has 0 aliphatic carbocycles. The fraction of sp³-hybridized carbons (Fsp3) is 0.370. The van der Waals surface area contributed by atoms with Gasteiger partial charge < -0.3 is 9.80 Å². The van der Waals surface area contributed by atoms with Crippen molar-refractivity contribution in [3.63, 3.8) is 0 Å². The van der Waals surface area contributed by atoms with Crippen LogP contribution < -0.4 is 11.2 Å². The van der Waals surface area contributed by atoms with Crippen LogP contribution in [0.15, 0.2) is 52.1 Å². The molecule has 2 aromatic heterocycles. The number of fused-ring (bicyclic) bond motifs is 1. The second-order valence-electron chi connectivity index (χ2n) is 9.73. The lowest BCUT2D eigenvalue weighted by Gasteiger charge is -2.32.